The Morgan fingerprint density at radius 2 is 1.81 bits per heavy atom. The van der Waals surface area contributed by atoms with Crippen LogP contribution in [0.25, 0.3) is 11.5 Å². The van der Waals surface area contributed by atoms with E-state index in [2.05, 4.69) is 10.1 Å². The first-order chi connectivity index (χ1) is 12.8. The van der Waals surface area contributed by atoms with Crippen molar-refractivity contribution in [2.24, 2.45) is 0 Å². The largest absolute Gasteiger partial charge is 0.334 e. The monoisotopic (exact) mass is 405 g/mol. The Morgan fingerprint density at radius 1 is 1.15 bits per heavy atom. The molecule has 1 heterocycles. The second kappa shape index (κ2) is 7.50. The highest BCUT2D eigenvalue weighted by Crippen LogP contribution is 2.27. The van der Waals surface area contributed by atoms with Gasteiger partial charge < -0.3 is 4.52 Å². The van der Waals surface area contributed by atoms with Crippen LogP contribution in [0.4, 0.5) is 5.69 Å². The van der Waals surface area contributed by atoms with Crippen molar-refractivity contribution in [2.45, 2.75) is 13.5 Å². The van der Waals surface area contributed by atoms with E-state index in [-0.39, 0.29) is 24.0 Å². The molecule has 9 heteroatoms. The second-order valence-electron chi connectivity index (χ2n) is 5.87. The van der Waals surface area contributed by atoms with Gasteiger partial charge in [-0.15, -0.1) is 0 Å². The Labute approximate surface area is 161 Å². The van der Waals surface area contributed by atoms with E-state index in [9.17, 15) is 13.2 Å². The highest BCUT2D eigenvalue weighted by molar-refractivity contribution is 7.92. The quantitative estimate of drug-likeness (QED) is 0.582. The number of ketones is 1. The van der Waals surface area contributed by atoms with Gasteiger partial charge in [0.25, 0.3) is 5.89 Å². The summed E-state index contributed by atoms with van der Waals surface area (Å²) < 4.78 is 30.8. The molecule has 0 fully saturated rings. The summed E-state index contributed by atoms with van der Waals surface area (Å²) >= 11 is 6.12. The summed E-state index contributed by atoms with van der Waals surface area (Å²) in [5.74, 6) is 0.289. The van der Waals surface area contributed by atoms with E-state index < -0.39 is 10.0 Å². The number of carbonyl (C=O) groups is 1. The van der Waals surface area contributed by atoms with Crippen LogP contribution in [0.1, 0.15) is 23.1 Å². The standard InChI is InChI=1S/C18H16ClN3O4S/c1-12(23)13-7-9-14(10-8-13)22(27(2,24)25)11-17-20-18(26-21-17)15-5-3-4-6-16(15)19/h3-10H,11H2,1-2H3. The minimum atomic E-state index is -3.61. The molecule has 0 amide bonds. The fourth-order valence-electron chi connectivity index (χ4n) is 2.45. The molecule has 0 unspecified atom stereocenters. The van der Waals surface area contributed by atoms with Crippen molar-refractivity contribution in [1.82, 2.24) is 10.1 Å². The molecule has 0 atom stereocenters. The van der Waals surface area contributed by atoms with Gasteiger partial charge in [-0.2, -0.15) is 4.98 Å². The number of halogens is 1. The van der Waals surface area contributed by atoms with Crippen molar-refractivity contribution in [3.63, 3.8) is 0 Å². The number of aromatic nitrogens is 2. The van der Waals surface area contributed by atoms with E-state index in [0.717, 1.165) is 10.6 Å². The van der Waals surface area contributed by atoms with Crippen LogP contribution in [-0.4, -0.2) is 30.6 Å². The van der Waals surface area contributed by atoms with E-state index in [1.165, 1.54) is 6.92 Å². The van der Waals surface area contributed by atoms with E-state index in [4.69, 9.17) is 16.1 Å². The van der Waals surface area contributed by atoms with Crippen molar-refractivity contribution in [1.29, 1.82) is 0 Å². The van der Waals surface area contributed by atoms with Gasteiger partial charge in [-0.05, 0) is 43.3 Å². The molecule has 0 aliphatic rings. The SMILES string of the molecule is CC(=O)c1ccc(N(Cc2noc(-c3ccccc3Cl)n2)S(C)(=O)=O)cc1. The fourth-order valence-corrected chi connectivity index (χ4v) is 3.52. The van der Waals surface area contributed by atoms with Crippen molar-refractivity contribution >= 4 is 33.1 Å². The lowest BCUT2D eigenvalue weighted by molar-refractivity contribution is 0.101. The first-order valence-electron chi connectivity index (χ1n) is 7.92. The van der Waals surface area contributed by atoms with E-state index in [1.54, 1.807) is 48.5 Å². The van der Waals surface area contributed by atoms with Crippen LogP contribution in [0.2, 0.25) is 5.02 Å². The van der Waals surface area contributed by atoms with Crippen LogP contribution in [0.15, 0.2) is 53.1 Å². The number of rotatable bonds is 6. The van der Waals surface area contributed by atoms with Gasteiger partial charge in [-0.3, -0.25) is 9.10 Å². The summed E-state index contributed by atoms with van der Waals surface area (Å²) in [4.78, 5) is 15.6. The molecule has 1 aromatic heterocycles. The maximum atomic E-state index is 12.2. The third-order valence-corrected chi connectivity index (χ3v) is 5.29. The van der Waals surface area contributed by atoms with Gasteiger partial charge in [0, 0.05) is 5.56 Å². The molecule has 0 spiro atoms. The molecule has 27 heavy (non-hydrogen) atoms. The minimum absolute atomic E-state index is 0.102. The van der Waals surface area contributed by atoms with E-state index >= 15 is 0 Å². The van der Waals surface area contributed by atoms with Gasteiger partial charge in [-0.25, -0.2) is 8.42 Å². The first-order valence-corrected chi connectivity index (χ1v) is 10.1. The predicted molar refractivity (Wildman–Crippen MR) is 102 cm³/mol. The van der Waals surface area contributed by atoms with Crippen LogP contribution in [0.3, 0.4) is 0 Å². The van der Waals surface area contributed by atoms with Crippen molar-refractivity contribution in [3.8, 4) is 11.5 Å². The normalized spacial score (nSPS) is 11.4. The Bertz CT molecular complexity index is 1080. The zero-order chi connectivity index (χ0) is 19.6. The molecule has 7 nitrogen and oxygen atoms in total. The Balaban J connectivity index is 1.90. The highest BCUT2D eigenvalue weighted by Gasteiger charge is 2.21. The molecule has 0 aliphatic heterocycles. The summed E-state index contributed by atoms with van der Waals surface area (Å²) in [6.45, 7) is 1.32. The summed E-state index contributed by atoms with van der Waals surface area (Å²) in [7, 11) is -3.61. The molecule has 0 radical (unpaired) electrons. The van der Waals surface area contributed by atoms with Crippen molar-refractivity contribution in [3.05, 3.63) is 64.9 Å². The molecule has 3 rings (SSSR count). The zero-order valence-corrected chi connectivity index (χ0v) is 16.2. The van der Waals surface area contributed by atoms with Crippen LogP contribution in [-0.2, 0) is 16.6 Å². The average molecular weight is 406 g/mol. The first kappa shape index (κ1) is 19.1. The number of carbonyl (C=O) groups excluding carboxylic acids is 1. The summed E-state index contributed by atoms with van der Waals surface area (Å²) in [6, 6.07) is 13.3. The van der Waals surface area contributed by atoms with Gasteiger partial charge in [0.15, 0.2) is 11.6 Å². The summed E-state index contributed by atoms with van der Waals surface area (Å²) in [5.41, 5.74) is 1.45. The number of nitrogens with zero attached hydrogens (tertiary/aromatic N) is 3. The molecule has 0 saturated heterocycles. The maximum absolute atomic E-state index is 12.2. The number of hydrogen-bond donors (Lipinski definition) is 0. The highest BCUT2D eigenvalue weighted by atomic mass is 35.5. The number of sulfonamides is 1. The Hall–Kier alpha value is -2.71. The topological polar surface area (TPSA) is 93.4 Å². The van der Waals surface area contributed by atoms with Gasteiger partial charge in [0.05, 0.1) is 29.1 Å². The second-order valence-corrected chi connectivity index (χ2v) is 8.18. The predicted octanol–water partition coefficient (Wildman–Crippen LogP) is 3.56. The Kier molecular flexibility index (Phi) is 5.29. The van der Waals surface area contributed by atoms with Gasteiger partial charge in [-0.1, -0.05) is 28.9 Å². The van der Waals surface area contributed by atoms with Crippen LogP contribution in [0.5, 0.6) is 0 Å². The molecule has 0 N–H and O–H groups in total. The zero-order valence-electron chi connectivity index (χ0n) is 14.6. The molecule has 0 saturated carbocycles. The lowest BCUT2D eigenvalue weighted by Crippen LogP contribution is -2.29. The lowest BCUT2D eigenvalue weighted by Gasteiger charge is -2.20. The van der Waals surface area contributed by atoms with Crippen molar-refractivity contribution < 1.29 is 17.7 Å². The molecule has 0 aliphatic carbocycles. The summed E-state index contributed by atoms with van der Waals surface area (Å²) in [5, 5.41) is 4.30. The molecule has 3 aromatic rings. The van der Waals surface area contributed by atoms with E-state index in [1.807, 2.05) is 0 Å². The van der Waals surface area contributed by atoms with Gasteiger partial charge >= 0.3 is 0 Å². The lowest BCUT2D eigenvalue weighted by atomic mass is 10.1. The Morgan fingerprint density at radius 3 is 2.41 bits per heavy atom. The molecular formula is C18H16ClN3O4S. The number of anilines is 1. The fraction of sp³-hybridized carbons (Fsp3) is 0.167. The number of benzene rings is 2. The third-order valence-electron chi connectivity index (χ3n) is 3.82. The van der Waals surface area contributed by atoms with Crippen molar-refractivity contribution in [2.75, 3.05) is 10.6 Å². The molecule has 2 aromatic carbocycles. The summed E-state index contributed by atoms with van der Waals surface area (Å²) in [6.07, 6.45) is 1.08. The molecule has 0 bridgehead atoms. The number of hydrogen-bond acceptors (Lipinski definition) is 6. The van der Waals surface area contributed by atoms with Crippen LogP contribution < -0.4 is 4.31 Å². The van der Waals surface area contributed by atoms with Gasteiger partial charge in [0.2, 0.25) is 10.0 Å². The third kappa shape index (κ3) is 4.35. The molecular weight excluding hydrogens is 390 g/mol. The minimum Gasteiger partial charge on any atom is -0.334 e. The van der Waals surface area contributed by atoms with Crippen LogP contribution in [0, 0.1) is 0 Å². The van der Waals surface area contributed by atoms with Gasteiger partial charge in [0.1, 0.15) is 0 Å². The number of Topliss-reactive ketones (excluding diaryl/α,β-unsaturated/α-hetero) is 1. The maximum Gasteiger partial charge on any atom is 0.259 e. The smallest absolute Gasteiger partial charge is 0.259 e. The average Bonchev–Trinajstić information content (AvgIpc) is 3.08. The molecule has 140 valence electrons. The van der Waals surface area contributed by atoms with Crippen LogP contribution >= 0.6 is 11.6 Å². The van der Waals surface area contributed by atoms with E-state index in [0.29, 0.717) is 21.8 Å².